The van der Waals surface area contributed by atoms with Gasteiger partial charge < -0.3 is 10.4 Å². The van der Waals surface area contributed by atoms with Crippen molar-refractivity contribution in [2.24, 2.45) is 23.7 Å². The second kappa shape index (κ2) is 5.82. The molecule has 0 aromatic rings. The highest BCUT2D eigenvalue weighted by Gasteiger charge is 2.47. The molecule has 19 heavy (non-hydrogen) atoms. The molecule has 0 heterocycles. The van der Waals surface area contributed by atoms with E-state index < -0.39 is 0 Å². The predicted octanol–water partition coefficient (Wildman–Crippen LogP) is 2.48. The molecule has 1 amide bonds. The van der Waals surface area contributed by atoms with Crippen LogP contribution in [0.1, 0.15) is 57.8 Å². The Bertz CT molecular complexity index is 323. The van der Waals surface area contributed by atoms with Crippen LogP contribution in [0, 0.1) is 23.7 Å². The molecule has 3 rings (SSSR count). The molecule has 0 spiro atoms. The van der Waals surface area contributed by atoms with Gasteiger partial charge in [0, 0.05) is 24.5 Å². The summed E-state index contributed by atoms with van der Waals surface area (Å²) in [6.45, 7) is 0.247. The molecule has 3 saturated carbocycles. The highest BCUT2D eigenvalue weighted by atomic mass is 16.3. The lowest BCUT2D eigenvalue weighted by Crippen LogP contribution is -2.47. The van der Waals surface area contributed by atoms with Crippen LogP contribution in [0.3, 0.4) is 0 Å². The number of fused-ring (bicyclic) bond motifs is 2. The molecule has 3 aliphatic rings. The zero-order chi connectivity index (χ0) is 13.2. The first-order valence-electron chi connectivity index (χ1n) is 8.21. The number of carbonyl (C=O) groups excluding carboxylic acids is 1. The summed E-state index contributed by atoms with van der Waals surface area (Å²) in [7, 11) is 0. The van der Waals surface area contributed by atoms with Gasteiger partial charge in [-0.3, -0.25) is 4.79 Å². The standard InChI is InChI=1S/C16H27NO2/c18-10-14-12-7-8-13(9-12)15(14)17-16(19)11-5-3-1-2-4-6-11/h11-15,18H,1-10H2,(H,17,19). The number of hydrogen-bond acceptors (Lipinski definition) is 2. The van der Waals surface area contributed by atoms with Gasteiger partial charge in [-0.1, -0.05) is 25.7 Å². The van der Waals surface area contributed by atoms with E-state index in [-0.39, 0.29) is 24.5 Å². The fourth-order valence-electron chi connectivity index (χ4n) is 4.72. The van der Waals surface area contributed by atoms with E-state index in [1.165, 1.54) is 44.9 Å². The Balaban J connectivity index is 1.59. The first-order chi connectivity index (χ1) is 9.29. The first-order valence-corrected chi connectivity index (χ1v) is 8.21. The zero-order valence-electron chi connectivity index (χ0n) is 11.8. The number of aliphatic hydroxyl groups excluding tert-OH is 1. The molecule has 0 aromatic heterocycles. The molecule has 2 bridgehead atoms. The summed E-state index contributed by atoms with van der Waals surface area (Å²) in [6.07, 6.45) is 10.8. The SMILES string of the molecule is O=C(NC1C2CCC(C2)C1CO)C1CCCCCC1. The minimum atomic E-state index is 0.237. The van der Waals surface area contributed by atoms with Crippen molar-refractivity contribution in [3.8, 4) is 0 Å². The van der Waals surface area contributed by atoms with Gasteiger partial charge in [-0.25, -0.2) is 0 Å². The molecule has 3 fully saturated rings. The summed E-state index contributed by atoms with van der Waals surface area (Å²) in [5, 5.41) is 12.9. The number of hydrogen-bond donors (Lipinski definition) is 2. The Kier molecular flexibility index (Phi) is 4.11. The quantitative estimate of drug-likeness (QED) is 0.770. The highest BCUT2D eigenvalue weighted by molar-refractivity contribution is 5.79. The fraction of sp³-hybridized carbons (Fsp3) is 0.938. The first kappa shape index (κ1) is 13.4. The molecule has 0 saturated heterocycles. The zero-order valence-corrected chi connectivity index (χ0v) is 11.8. The van der Waals surface area contributed by atoms with E-state index in [0.717, 1.165) is 12.8 Å². The molecule has 0 aliphatic heterocycles. The van der Waals surface area contributed by atoms with Crippen LogP contribution in [-0.4, -0.2) is 23.7 Å². The van der Waals surface area contributed by atoms with Gasteiger partial charge in [-0.05, 0) is 43.9 Å². The van der Waals surface area contributed by atoms with E-state index in [1.54, 1.807) is 0 Å². The molecule has 108 valence electrons. The molecule has 3 heteroatoms. The van der Waals surface area contributed by atoms with Crippen molar-refractivity contribution in [2.45, 2.75) is 63.8 Å². The fourth-order valence-corrected chi connectivity index (χ4v) is 4.72. The Labute approximate surface area is 116 Å². The summed E-state index contributed by atoms with van der Waals surface area (Å²) in [4.78, 5) is 12.5. The molecule has 3 nitrogen and oxygen atoms in total. The summed E-state index contributed by atoms with van der Waals surface area (Å²) >= 11 is 0. The molecule has 0 aromatic carbocycles. The molecule has 4 unspecified atom stereocenters. The summed E-state index contributed by atoms with van der Waals surface area (Å²) in [5.74, 6) is 2.14. The summed E-state index contributed by atoms with van der Waals surface area (Å²) < 4.78 is 0. The normalized spacial score (nSPS) is 39.2. The molecule has 3 aliphatic carbocycles. The Hall–Kier alpha value is -0.570. The monoisotopic (exact) mass is 265 g/mol. The van der Waals surface area contributed by atoms with E-state index in [9.17, 15) is 9.90 Å². The Morgan fingerprint density at radius 2 is 1.68 bits per heavy atom. The van der Waals surface area contributed by atoms with Crippen LogP contribution >= 0.6 is 0 Å². The van der Waals surface area contributed by atoms with Crippen LogP contribution in [0.2, 0.25) is 0 Å². The molecule has 2 N–H and O–H groups in total. The maximum Gasteiger partial charge on any atom is 0.223 e. The number of carbonyl (C=O) groups is 1. The van der Waals surface area contributed by atoms with E-state index in [2.05, 4.69) is 5.32 Å². The topological polar surface area (TPSA) is 49.3 Å². The predicted molar refractivity (Wildman–Crippen MR) is 74.5 cm³/mol. The van der Waals surface area contributed by atoms with Crippen LogP contribution in [-0.2, 0) is 4.79 Å². The van der Waals surface area contributed by atoms with E-state index >= 15 is 0 Å². The van der Waals surface area contributed by atoms with Crippen molar-refractivity contribution in [2.75, 3.05) is 6.61 Å². The molecular formula is C16H27NO2. The van der Waals surface area contributed by atoms with Gasteiger partial charge in [0.2, 0.25) is 5.91 Å². The maximum atomic E-state index is 12.5. The van der Waals surface area contributed by atoms with Crippen LogP contribution < -0.4 is 5.32 Å². The lowest BCUT2D eigenvalue weighted by molar-refractivity contribution is -0.127. The smallest absolute Gasteiger partial charge is 0.223 e. The number of amides is 1. The van der Waals surface area contributed by atoms with Crippen molar-refractivity contribution in [1.82, 2.24) is 5.32 Å². The minimum absolute atomic E-state index is 0.237. The van der Waals surface area contributed by atoms with E-state index in [4.69, 9.17) is 0 Å². The van der Waals surface area contributed by atoms with Crippen molar-refractivity contribution in [3.63, 3.8) is 0 Å². The average molecular weight is 265 g/mol. The third-order valence-corrected chi connectivity index (χ3v) is 5.83. The van der Waals surface area contributed by atoms with Crippen LogP contribution in [0.4, 0.5) is 0 Å². The van der Waals surface area contributed by atoms with Gasteiger partial charge in [0.15, 0.2) is 0 Å². The Morgan fingerprint density at radius 3 is 2.37 bits per heavy atom. The van der Waals surface area contributed by atoms with Gasteiger partial charge in [0.1, 0.15) is 0 Å². The summed E-state index contributed by atoms with van der Waals surface area (Å²) in [5.41, 5.74) is 0. The van der Waals surface area contributed by atoms with Gasteiger partial charge in [0.25, 0.3) is 0 Å². The van der Waals surface area contributed by atoms with Crippen LogP contribution in [0.25, 0.3) is 0 Å². The highest BCUT2D eigenvalue weighted by Crippen LogP contribution is 2.48. The maximum absolute atomic E-state index is 12.5. The molecule has 4 atom stereocenters. The van der Waals surface area contributed by atoms with Crippen molar-refractivity contribution < 1.29 is 9.90 Å². The summed E-state index contributed by atoms with van der Waals surface area (Å²) in [6, 6.07) is 0.263. The second-order valence-corrected chi connectivity index (χ2v) is 6.90. The van der Waals surface area contributed by atoms with E-state index in [0.29, 0.717) is 17.8 Å². The number of aliphatic hydroxyl groups is 1. The Morgan fingerprint density at radius 1 is 1.00 bits per heavy atom. The van der Waals surface area contributed by atoms with Gasteiger partial charge in [0.05, 0.1) is 0 Å². The van der Waals surface area contributed by atoms with Crippen LogP contribution in [0.5, 0.6) is 0 Å². The van der Waals surface area contributed by atoms with Crippen molar-refractivity contribution >= 4 is 5.91 Å². The second-order valence-electron chi connectivity index (χ2n) is 6.90. The molecular weight excluding hydrogens is 238 g/mol. The van der Waals surface area contributed by atoms with Crippen molar-refractivity contribution in [1.29, 1.82) is 0 Å². The van der Waals surface area contributed by atoms with Gasteiger partial charge in [-0.15, -0.1) is 0 Å². The average Bonchev–Trinajstić information content (AvgIpc) is 2.89. The minimum Gasteiger partial charge on any atom is -0.396 e. The van der Waals surface area contributed by atoms with Crippen molar-refractivity contribution in [3.05, 3.63) is 0 Å². The third-order valence-electron chi connectivity index (χ3n) is 5.83. The largest absolute Gasteiger partial charge is 0.396 e. The third kappa shape index (κ3) is 2.67. The number of nitrogens with one attached hydrogen (secondary N) is 1. The van der Waals surface area contributed by atoms with Crippen LogP contribution in [0.15, 0.2) is 0 Å². The molecule has 0 radical (unpaired) electrons. The lowest BCUT2D eigenvalue weighted by Gasteiger charge is -2.31. The number of rotatable bonds is 3. The van der Waals surface area contributed by atoms with Gasteiger partial charge >= 0.3 is 0 Å². The van der Waals surface area contributed by atoms with Gasteiger partial charge in [-0.2, -0.15) is 0 Å². The lowest BCUT2D eigenvalue weighted by atomic mass is 9.84. The van der Waals surface area contributed by atoms with E-state index in [1.807, 2.05) is 0 Å².